The number of amidine groups is 1. The van der Waals surface area contributed by atoms with Crippen LogP contribution in [0.1, 0.15) is 24.0 Å². The Morgan fingerprint density at radius 1 is 1.46 bits per heavy atom. The molecular formula is C19H22F3N5O. The van der Waals surface area contributed by atoms with E-state index in [9.17, 15) is 13.2 Å². The number of nitrogens with two attached hydrogens (primary N) is 1. The van der Waals surface area contributed by atoms with E-state index in [1.165, 1.54) is 12.1 Å². The van der Waals surface area contributed by atoms with Crippen LogP contribution in [0.2, 0.25) is 0 Å². The molecule has 1 fully saturated rings. The number of alkyl halides is 3. The van der Waals surface area contributed by atoms with Crippen molar-refractivity contribution in [3.63, 3.8) is 0 Å². The third kappa shape index (κ3) is 4.13. The van der Waals surface area contributed by atoms with E-state index in [1.807, 2.05) is 0 Å². The molecule has 0 aliphatic carbocycles. The number of nitrogens with one attached hydrogen (secondary N) is 2. The van der Waals surface area contributed by atoms with E-state index >= 15 is 0 Å². The van der Waals surface area contributed by atoms with Crippen LogP contribution in [0.4, 0.5) is 13.2 Å². The Bertz CT molecular complexity index is 831. The molecule has 2 aliphatic heterocycles. The van der Waals surface area contributed by atoms with Crippen LogP contribution >= 0.6 is 0 Å². The van der Waals surface area contributed by atoms with Gasteiger partial charge in [-0.25, -0.2) is 4.99 Å². The first kappa shape index (κ1) is 19.8. The van der Waals surface area contributed by atoms with Crippen LogP contribution in [-0.4, -0.2) is 42.4 Å². The van der Waals surface area contributed by atoms with Gasteiger partial charge in [0.25, 0.3) is 0 Å². The number of rotatable bonds is 5. The Balaban J connectivity index is 1.92. The molecule has 0 spiro atoms. The monoisotopic (exact) mass is 393 g/mol. The molecule has 150 valence electrons. The molecule has 0 aromatic heterocycles. The molecule has 1 aromatic rings. The van der Waals surface area contributed by atoms with Gasteiger partial charge in [0.2, 0.25) is 0 Å². The lowest BCUT2D eigenvalue weighted by atomic mass is 10.0. The minimum absolute atomic E-state index is 0.0140. The first-order valence-electron chi connectivity index (χ1n) is 8.90. The van der Waals surface area contributed by atoms with Crippen molar-refractivity contribution in [2.45, 2.75) is 25.1 Å². The molecule has 1 unspecified atom stereocenters. The first-order valence-corrected chi connectivity index (χ1v) is 8.90. The van der Waals surface area contributed by atoms with E-state index in [0.717, 1.165) is 18.9 Å². The fourth-order valence-electron chi connectivity index (χ4n) is 3.37. The highest BCUT2D eigenvalue weighted by Gasteiger charge is 2.35. The Morgan fingerprint density at radius 3 is 2.93 bits per heavy atom. The summed E-state index contributed by atoms with van der Waals surface area (Å²) in [4.78, 5) is 6.27. The first-order chi connectivity index (χ1) is 13.3. The Morgan fingerprint density at radius 2 is 2.25 bits per heavy atom. The summed E-state index contributed by atoms with van der Waals surface area (Å²) >= 11 is 0. The molecule has 9 heteroatoms. The second-order valence-electron chi connectivity index (χ2n) is 6.51. The summed E-state index contributed by atoms with van der Waals surface area (Å²) in [7, 11) is 0. The summed E-state index contributed by atoms with van der Waals surface area (Å²) in [5.74, 6) is 0.338. The number of guanidine groups is 1. The van der Waals surface area contributed by atoms with E-state index in [2.05, 4.69) is 16.9 Å². The van der Waals surface area contributed by atoms with Gasteiger partial charge in [0.1, 0.15) is 18.2 Å². The van der Waals surface area contributed by atoms with E-state index in [0.29, 0.717) is 30.2 Å². The van der Waals surface area contributed by atoms with Crippen LogP contribution in [0, 0.1) is 5.41 Å². The maximum atomic E-state index is 13.5. The van der Waals surface area contributed by atoms with Crippen molar-refractivity contribution in [1.82, 2.24) is 10.2 Å². The molecule has 28 heavy (non-hydrogen) atoms. The highest BCUT2D eigenvalue weighted by Crippen LogP contribution is 2.38. The van der Waals surface area contributed by atoms with Crippen molar-refractivity contribution in [1.29, 1.82) is 5.41 Å². The minimum Gasteiger partial charge on any atom is -0.489 e. The maximum absolute atomic E-state index is 13.5. The van der Waals surface area contributed by atoms with Gasteiger partial charge in [-0.05, 0) is 37.1 Å². The lowest BCUT2D eigenvalue weighted by Gasteiger charge is -2.28. The Labute approximate surface area is 161 Å². The van der Waals surface area contributed by atoms with Gasteiger partial charge in [-0.15, -0.1) is 0 Å². The fourth-order valence-corrected chi connectivity index (χ4v) is 3.37. The smallest absolute Gasteiger partial charge is 0.419 e. The highest BCUT2D eigenvalue weighted by molar-refractivity contribution is 5.96. The molecule has 0 saturated carbocycles. The minimum atomic E-state index is -4.55. The summed E-state index contributed by atoms with van der Waals surface area (Å²) in [6.07, 6.45) is 0.223. The van der Waals surface area contributed by atoms with Crippen molar-refractivity contribution in [3.8, 4) is 5.75 Å². The number of halogens is 3. The van der Waals surface area contributed by atoms with Gasteiger partial charge in [-0.2, -0.15) is 13.2 Å². The van der Waals surface area contributed by atoms with Crippen LogP contribution in [-0.2, 0) is 6.18 Å². The van der Waals surface area contributed by atoms with E-state index in [4.69, 9.17) is 15.9 Å². The van der Waals surface area contributed by atoms with Crippen LogP contribution in [0.25, 0.3) is 5.70 Å². The number of aliphatic imine (C=N–C) groups is 1. The van der Waals surface area contributed by atoms with Crippen molar-refractivity contribution in [2.75, 3.05) is 19.7 Å². The second-order valence-corrected chi connectivity index (χ2v) is 6.51. The van der Waals surface area contributed by atoms with Crippen molar-refractivity contribution < 1.29 is 17.9 Å². The van der Waals surface area contributed by atoms with Gasteiger partial charge in [0, 0.05) is 18.7 Å². The molecular weight excluding hydrogens is 371 g/mol. The predicted molar refractivity (Wildman–Crippen MR) is 102 cm³/mol. The molecule has 0 radical (unpaired) electrons. The second kappa shape index (κ2) is 7.95. The molecule has 1 saturated heterocycles. The molecule has 1 aromatic carbocycles. The number of nitrogens with zero attached hydrogens (tertiary/aromatic N) is 2. The van der Waals surface area contributed by atoms with Crippen molar-refractivity contribution >= 4 is 17.5 Å². The number of likely N-dealkylation sites (tertiary alicyclic amines) is 1. The highest BCUT2D eigenvalue weighted by atomic mass is 19.4. The molecule has 4 N–H and O–H groups in total. The maximum Gasteiger partial charge on any atom is 0.419 e. The van der Waals surface area contributed by atoms with Crippen molar-refractivity contribution in [2.24, 2.45) is 10.7 Å². The van der Waals surface area contributed by atoms with E-state index < -0.39 is 11.7 Å². The van der Waals surface area contributed by atoms with Crippen LogP contribution < -0.4 is 15.8 Å². The predicted octanol–water partition coefficient (Wildman–Crippen LogP) is 2.97. The number of ether oxygens (including phenoxy) is 1. The van der Waals surface area contributed by atoms with Crippen molar-refractivity contribution in [3.05, 3.63) is 48.1 Å². The SMILES string of the molecule is C=CCOc1ccc(C2=CCNC(C3CCCN3C(=N)N)=N2)cc1C(F)(F)F. The van der Waals surface area contributed by atoms with E-state index in [-0.39, 0.29) is 24.4 Å². The lowest BCUT2D eigenvalue weighted by Crippen LogP contribution is -2.49. The van der Waals surface area contributed by atoms with Gasteiger partial charge in [0.15, 0.2) is 5.96 Å². The molecule has 0 amide bonds. The topological polar surface area (TPSA) is 86.7 Å². The number of hydrogen-bond acceptors (Lipinski definition) is 4. The van der Waals surface area contributed by atoms with Gasteiger partial charge in [0.05, 0.1) is 17.3 Å². The lowest BCUT2D eigenvalue weighted by molar-refractivity contribution is -0.138. The zero-order valence-electron chi connectivity index (χ0n) is 15.2. The zero-order valence-corrected chi connectivity index (χ0v) is 15.2. The summed E-state index contributed by atoms with van der Waals surface area (Å²) < 4.78 is 45.6. The average Bonchev–Trinajstić information content (AvgIpc) is 3.16. The summed E-state index contributed by atoms with van der Waals surface area (Å²) in [5.41, 5.74) is 5.58. The molecule has 1 atom stereocenters. The largest absolute Gasteiger partial charge is 0.489 e. The molecule has 2 aliphatic rings. The van der Waals surface area contributed by atoms with E-state index in [1.54, 1.807) is 17.0 Å². The van der Waals surface area contributed by atoms with Gasteiger partial charge >= 0.3 is 6.18 Å². The quantitative estimate of drug-likeness (QED) is 0.408. The molecule has 0 bridgehead atoms. The zero-order chi connectivity index (χ0) is 20.3. The third-order valence-corrected chi connectivity index (χ3v) is 4.63. The Hall–Kier alpha value is -2.97. The summed E-state index contributed by atoms with van der Waals surface area (Å²) in [6, 6.07) is 3.74. The molecule has 6 nitrogen and oxygen atoms in total. The fraction of sp³-hybridized carbons (Fsp3) is 0.368. The average molecular weight is 393 g/mol. The summed E-state index contributed by atoms with van der Waals surface area (Å²) in [6.45, 7) is 4.54. The standard InChI is InChI=1S/C19H22F3N5O/c1-2-10-28-16-6-5-12(11-13(16)19(20,21)22)14-7-8-25-17(26-14)15-4-3-9-27(15)18(23)24/h2,5-7,11,15H,1,3-4,8-10H2,(H3,23,24)(H,25,26). The van der Waals surface area contributed by atoms with Gasteiger partial charge < -0.3 is 20.7 Å². The van der Waals surface area contributed by atoms with Crippen LogP contribution in [0.15, 0.2) is 41.9 Å². The molecule has 3 rings (SSSR count). The normalized spacial score (nSPS) is 19.5. The summed E-state index contributed by atoms with van der Waals surface area (Å²) in [5, 5.41) is 10.8. The third-order valence-electron chi connectivity index (χ3n) is 4.63. The number of hydrogen-bond donors (Lipinski definition) is 3. The van der Waals surface area contributed by atoms with Gasteiger partial charge in [-0.1, -0.05) is 12.7 Å². The Kier molecular flexibility index (Phi) is 5.62. The molecule has 2 heterocycles. The van der Waals surface area contributed by atoms with Crippen LogP contribution in [0.3, 0.4) is 0 Å². The number of benzene rings is 1. The van der Waals surface area contributed by atoms with Crippen LogP contribution in [0.5, 0.6) is 5.75 Å². The van der Waals surface area contributed by atoms with Gasteiger partial charge in [-0.3, -0.25) is 5.41 Å².